The molecule has 0 N–H and O–H groups in total. The molecule has 0 aliphatic rings. The molecular weight excluding hydrogens is 330 g/mol. The largest absolute Gasteiger partial charge is 0.468 e. The summed E-state index contributed by atoms with van der Waals surface area (Å²) in [5.41, 5.74) is 0.732. The lowest BCUT2D eigenvalue weighted by Crippen LogP contribution is -2.39. The average molecular weight is 348 g/mol. The minimum atomic E-state index is -3.47. The van der Waals surface area contributed by atoms with Crippen molar-refractivity contribution in [2.75, 3.05) is 25.2 Å². The second-order valence-electron chi connectivity index (χ2n) is 4.63. The quantitative estimate of drug-likeness (QED) is 0.694. The van der Waals surface area contributed by atoms with Crippen LogP contribution in [0.25, 0.3) is 0 Å². The Kier molecular flexibility index (Phi) is 6.83. The predicted molar refractivity (Wildman–Crippen MR) is 83.2 cm³/mol. The van der Waals surface area contributed by atoms with Crippen LogP contribution in [0.5, 0.6) is 0 Å². The fraction of sp³-hybridized carbons (Fsp3) is 0.429. The molecule has 0 aliphatic carbocycles. The van der Waals surface area contributed by atoms with Crippen LogP contribution >= 0.6 is 11.6 Å². The number of halogens is 1. The summed E-state index contributed by atoms with van der Waals surface area (Å²) in [5, 5.41) is 0.545. The highest BCUT2D eigenvalue weighted by Crippen LogP contribution is 2.12. The zero-order valence-corrected chi connectivity index (χ0v) is 14.0. The van der Waals surface area contributed by atoms with E-state index < -0.39 is 27.5 Å². The topological polar surface area (TPSA) is 80.8 Å². The molecule has 6 nitrogen and oxygen atoms in total. The highest BCUT2D eigenvalue weighted by atomic mass is 35.5. The van der Waals surface area contributed by atoms with Crippen LogP contribution in [-0.2, 0) is 30.7 Å². The van der Waals surface area contributed by atoms with Gasteiger partial charge in [-0.3, -0.25) is 9.59 Å². The fourth-order valence-corrected chi connectivity index (χ4v) is 2.53. The van der Waals surface area contributed by atoms with Crippen LogP contribution in [0.2, 0.25) is 5.02 Å². The monoisotopic (exact) mass is 347 g/mol. The van der Waals surface area contributed by atoms with Gasteiger partial charge in [0.2, 0.25) is 5.91 Å². The minimum Gasteiger partial charge on any atom is -0.468 e. The summed E-state index contributed by atoms with van der Waals surface area (Å²) in [7, 11) is -2.27. The summed E-state index contributed by atoms with van der Waals surface area (Å²) in [6, 6.07) is 6.71. The third-order valence-electron chi connectivity index (χ3n) is 2.97. The molecule has 0 saturated heterocycles. The molecule has 1 amide bonds. The van der Waals surface area contributed by atoms with Crippen molar-refractivity contribution in [3.63, 3.8) is 0 Å². The first kappa shape index (κ1) is 18.4. The number of carbonyl (C=O) groups is 2. The summed E-state index contributed by atoms with van der Waals surface area (Å²) >= 11 is 5.79. The van der Waals surface area contributed by atoms with Gasteiger partial charge in [0, 0.05) is 17.3 Å². The van der Waals surface area contributed by atoms with Gasteiger partial charge in [0.1, 0.15) is 12.3 Å². The lowest BCUT2D eigenvalue weighted by molar-refractivity contribution is -0.146. The van der Waals surface area contributed by atoms with E-state index in [1.54, 1.807) is 24.3 Å². The van der Waals surface area contributed by atoms with Crippen LogP contribution in [0.1, 0.15) is 12.5 Å². The van der Waals surface area contributed by atoms with E-state index in [-0.39, 0.29) is 18.8 Å². The Balaban J connectivity index is 2.89. The third-order valence-corrected chi connectivity index (χ3v) is 4.79. The van der Waals surface area contributed by atoms with E-state index in [1.165, 1.54) is 14.0 Å². The first-order valence-corrected chi connectivity index (χ1v) is 8.76. The van der Waals surface area contributed by atoms with Gasteiger partial charge >= 0.3 is 5.97 Å². The third kappa shape index (κ3) is 6.03. The van der Waals surface area contributed by atoms with Crippen molar-refractivity contribution in [3.8, 4) is 0 Å². The lowest BCUT2D eigenvalue weighted by Gasteiger charge is -2.21. The van der Waals surface area contributed by atoms with Crippen LogP contribution < -0.4 is 0 Å². The Morgan fingerprint density at radius 2 is 1.82 bits per heavy atom. The van der Waals surface area contributed by atoms with Crippen molar-refractivity contribution in [3.05, 3.63) is 34.9 Å². The van der Waals surface area contributed by atoms with Crippen LogP contribution in [-0.4, -0.2) is 50.4 Å². The molecule has 0 atom stereocenters. The van der Waals surface area contributed by atoms with Gasteiger partial charge in [0.05, 0.1) is 7.11 Å². The molecule has 0 bridgehead atoms. The Bertz CT molecular complexity index is 627. The average Bonchev–Trinajstić information content (AvgIpc) is 2.48. The van der Waals surface area contributed by atoms with Crippen LogP contribution in [0.15, 0.2) is 24.3 Å². The Morgan fingerprint density at radius 1 is 1.23 bits per heavy atom. The predicted octanol–water partition coefficient (Wildman–Crippen LogP) is 1.28. The molecule has 1 rings (SSSR count). The molecule has 0 aromatic heterocycles. The molecule has 1 aromatic rings. The molecule has 8 heteroatoms. The molecule has 0 fully saturated rings. The van der Waals surface area contributed by atoms with Crippen molar-refractivity contribution in [1.29, 1.82) is 0 Å². The number of nitrogens with zero attached hydrogens (tertiary/aromatic N) is 1. The van der Waals surface area contributed by atoms with E-state index in [0.29, 0.717) is 5.02 Å². The van der Waals surface area contributed by atoms with Gasteiger partial charge in [-0.1, -0.05) is 30.7 Å². The van der Waals surface area contributed by atoms with E-state index in [2.05, 4.69) is 4.74 Å². The fourth-order valence-electron chi connectivity index (χ4n) is 1.64. The lowest BCUT2D eigenvalue weighted by atomic mass is 10.2. The van der Waals surface area contributed by atoms with Gasteiger partial charge in [0.15, 0.2) is 9.84 Å². The van der Waals surface area contributed by atoms with Crippen molar-refractivity contribution < 1.29 is 22.7 Å². The van der Waals surface area contributed by atoms with Gasteiger partial charge < -0.3 is 9.64 Å². The number of methoxy groups -OCH3 is 1. The molecular formula is C14H18ClNO5S. The number of rotatable bonds is 7. The van der Waals surface area contributed by atoms with Crippen molar-refractivity contribution >= 4 is 33.3 Å². The van der Waals surface area contributed by atoms with Crippen LogP contribution in [0, 0.1) is 0 Å². The second-order valence-corrected chi connectivity index (χ2v) is 7.42. The highest BCUT2D eigenvalue weighted by Gasteiger charge is 2.23. The standard InChI is InChI=1S/C14H18ClNO5S/c1-3-22(19,20)10-13(17)16(9-14(18)21-2)8-11-4-6-12(15)7-5-11/h4-7H,3,8-10H2,1-2H3. The molecule has 0 radical (unpaired) electrons. The van der Waals surface area contributed by atoms with Crippen LogP contribution in [0.3, 0.4) is 0 Å². The highest BCUT2D eigenvalue weighted by molar-refractivity contribution is 7.92. The summed E-state index contributed by atoms with van der Waals surface area (Å²) in [6.45, 7) is 1.26. The Labute approximate surface area is 134 Å². The molecule has 0 heterocycles. The Morgan fingerprint density at radius 3 is 2.32 bits per heavy atom. The second kappa shape index (κ2) is 8.14. The summed E-state index contributed by atoms with van der Waals surface area (Å²) in [4.78, 5) is 24.7. The maximum atomic E-state index is 12.2. The SMILES string of the molecule is CCS(=O)(=O)CC(=O)N(CC(=O)OC)Cc1ccc(Cl)cc1. The minimum absolute atomic E-state index is 0.102. The summed E-state index contributed by atoms with van der Waals surface area (Å²) in [6.07, 6.45) is 0. The number of benzene rings is 1. The normalized spacial score (nSPS) is 11.0. The summed E-state index contributed by atoms with van der Waals surface area (Å²) in [5.74, 6) is -2.02. The van der Waals surface area contributed by atoms with E-state index in [9.17, 15) is 18.0 Å². The number of hydrogen-bond acceptors (Lipinski definition) is 5. The number of amides is 1. The first-order chi connectivity index (χ1) is 10.3. The van der Waals surface area contributed by atoms with Gasteiger partial charge in [-0.25, -0.2) is 8.42 Å². The number of carbonyl (C=O) groups excluding carboxylic acids is 2. The summed E-state index contributed by atoms with van der Waals surface area (Å²) < 4.78 is 27.7. The molecule has 0 unspecified atom stereocenters. The van der Waals surface area contributed by atoms with E-state index in [1.807, 2.05) is 0 Å². The van der Waals surface area contributed by atoms with Gasteiger partial charge in [-0.2, -0.15) is 0 Å². The molecule has 1 aromatic carbocycles. The number of esters is 1. The first-order valence-electron chi connectivity index (χ1n) is 6.57. The van der Waals surface area contributed by atoms with Crippen molar-refractivity contribution in [2.45, 2.75) is 13.5 Å². The maximum absolute atomic E-state index is 12.2. The van der Waals surface area contributed by atoms with Crippen LogP contribution in [0.4, 0.5) is 0 Å². The smallest absolute Gasteiger partial charge is 0.325 e. The number of sulfone groups is 1. The van der Waals surface area contributed by atoms with E-state index in [4.69, 9.17) is 11.6 Å². The zero-order chi connectivity index (χ0) is 16.8. The van der Waals surface area contributed by atoms with E-state index >= 15 is 0 Å². The molecule has 122 valence electrons. The van der Waals surface area contributed by atoms with Gasteiger partial charge in [-0.05, 0) is 17.7 Å². The maximum Gasteiger partial charge on any atom is 0.325 e. The van der Waals surface area contributed by atoms with Gasteiger partial charge in [-0.15, -0.1) is 0 Å². The number of hydrogen-bond donors (Lipinski definition) is 0. The van der Waals surface area contributed by atoms with Crippen molar-refractivity contribution in [1.82, 2.24) is 4.90 Å². The zero-order valence-electron chi connectivity index (χ0n) is 12.4. The van der Waals surface area contributed by atoms with Crippen molar-refractivity contribution in [2.24, 2.45) is 0 Å². The molecule has 22 heavy (non-hydrogen) atoms. The van der Waals surface area contributed by atoms with Gasteiger partial charge in [0.25, 0.3) is 0 Å². The Hall–Kier alpha value is -1.60. The molecule has 0 aliphatic heterocycles. The molecule has 0 saturated carbocycles. The van der Waals surface area contributed by atoms with E-state index in [0.717, 1.165) is 10.5 Å². The number of ether oxygens (including phenoxy) is 1. The molecule has 0 spiro atoms.